The Morgan fingerprint density at radius 1 is 1.46 bits per heavy atom. The molecule has 0 amide bonds. The first-order chi connectivity index (χ1) is 6.33. The predicted molar refractivity (Wildman–Crippen MR) is 53.6 cm³/mol. The molecule has 3 nitrogen and oxygen atoms in total. The van der Waals surface area contributed by atoms with Crippen LogP contribution in [-0.4, -0.2) is 16.7 Å². The van der Waals surface area contributed by atoms with Crippen LogP contribution in [0.4, 0.5) is 0 Å². The molecule has 0 radical (unpaired) electrons. The molecule has 0 bridgehead atoms. The van der Waals surface area contributed by atoms with Crippen LogP contribution in [0.5, 0.6) is 0 Å². The van der Waals surface area contributed by atoms with Gasteiger partial charge in [0.15, 0.2) is 0 Å². The maximum Gasteiger partial charge on any atom is 0.0653 e. The van der Waals surface area contributed by atoms with E-state index in [1.807, 2.05) is 6.20 Å². The number of fused-ring (bicyclic) bond motifs is 1. The molecule has 0 aliphatic carbocycles. The number of H-pyrrole nitrogens is 1. The smallest absolute Gasteiger partial charge is 0.0653 e. The SMILES string of the molecule is Cc1ccc2[nH]ncc2c1CCN. The summed E-state index contributed by atoms with van der Waals surface area (Å²) in [5, 5.41) is 8.17. The van der Waals surface area contributed by atoms with E-state index in [2.05, 4.69) is 29.3 Å². The van der Waals surface area contributed by atoms with Crippen molar-refractivity contribution in [3.8, 4) is 0 Å². The number of rotatable bonds is 2. The van der Waals surface area contributed by atoms with E-state index in [4.69, 9.17) is 5.73 Å². The van der Waals surface area contributed by atoms with E-state index in [0.29, 0.717) is 6.54 Å². The highest BCUT2D eigenvalue weighted by Crippen LogP contribution is 2.20. The van der Waals surface area contributed by atoms with Crippen molar-refractivity contribution in [2.24, 2.45) is 5.73 Å². The average molecular weight is 175 g/mol. The van der Waals surface area contributed by atoms with Crippen molar-refractivity contribution in [3.63, 3.8) is 0 Å². The van der Waals surface area contributed by atoms with Gasteiger partial charge in [0, 0.05) is 5.39 Å². The van der Waals surface area contributed by atoms with E-state index >= 15 is 0 Å². The number of hydrogen-bond acceptors (Lipinski definition) is 2. The lowest BCUT2D eigenvalue weighted by molar-refractivity contribution is 0.967. The minimum Gasteiger partial charge on any atom is -0.330 e. The minimum atomic E-state index is 0.686. The quantitative estimate of drug-likeness (QED) is 0.724. The fourth-order valence-corrected chi connectivity index (χ4v) is 1.66. The molecule has 13 heavy (non-hydrogen) atoms. The molecule has 0 unspecified atom stereocenters. The van der Waals surface area contributed by atoms with Crippen LogP contribution in [0.15, 0.2) is 18.3 Å². The Labute approximate surface area is 76.9 Å². The van der Waals surface area contributed by atoms with E-state index in [1.165, 1.54) is 16.5 Å². The molecule has 1 aromatic carbocycles. The maximum atomic E-state index is 5.56. The zero-order valence-electron chi connectivity index (χ0n) is 7.67. The highest BCUT2D eigenvalue weighted by Gasteiger charge is 2.04. The molecule has 0 saturated heterocycles. The largest absolute Gasteiger partial charge is 0.330 e. The molecular formula is C10H13N3. The molecule has 68 valence electrons. The van der Waals surface area contributed by atoms with Gasteiger partial charge in [-0.1, -0.05) is 6.07 Å². The molecule has 3 heteroatoms. The van der Waals surface area contributed by atoms with Crippen LogP contribution in [0.1, 0.15) is 11.1 Å². The summed E-state index contributed by atoms with van der Waals surface area (Å²) in [4.78, 5) is 0. The molecule has 3 N–H and O–H groups in total. The van der Waals surface area contributed by atoms with Gasteiger partial charge in [0.05, 0.1) is 11.7 Å². The van der Waals surface area contributed by atoms with Gasteiger partial charge in [-0.15, -0.1) is 0 Å². The van der Waals surface area contributed by atoms with Gasteiger partial charge < -0.3 is 5.73 Å². The van der Waals surface area contributed by atoms with E-state index in [9.17, 15) is 0 Å². The van der Waals surface area contributed by atoms with Crippen molar-refractivity contribution < 1.29 is 0 Å². The Balaban J connectivity index is 2.66. The van der Waals surface area contributed by atoms with E-state index in [0.717, 1.165) is 11.9 Å². The minimum absolute atomic E-state index is 0.686. The van der Waals surface area contributed by atoms with Gasteiger partial charge >= 0.3 is 0 Å². The lowest BCUT2D eigenvalue weighted by atomic mass is 10.0. The zero-order chi connectivity index (χ0) is 9.26. The van der Waals surface area contributed by atoms with Crippen LogP contribution in [0.25, 0.3) is 10.9 Å². The van der Waals surface area contributed by atoms with E-state index < -0.39 is 0 Å². The van der Waals surface area contributed by atoms with Crippen molar-refractivity contribution >= 4 is 10.9 Å². The standard InChI is InChI=1S/C10H13N3/c1-7-2-3-10-9(6-12-13-10)8(7)4-5-11/h2-3,6H,4-5,11H2,1H3,(H,12,13). The third-order valence-electron chi connectivity index (χ3n) is 2.36. The number of aryl methyl sites for hydroxylation is 1. The van der Waals surface area contributed by atoms with Crippen LogP contribution in [0.3, 0.4) is 0 Å². The second kappa shape index (κ2) is 3.18. The molecule has 1 heterocycles. The summed E-state index contributed by atoms with van der Waals surface area (Å²) in [5.74, 6) is 0. The van der Waals surface area contributed by atoms with Gasteiger partial charge in [-0.3, -0.25) is 5.10 Å². The van der Waals surface area contributed by atoms with Crippen molar-refractivity contribution in [1.29, 1.82) is 0 Å². The first kappa shape index (κ1) is 8.26. The van der Waals surface area contributed by atoms with E-state index in [1.54, 1.807) is 0 Å². The summed E-state index contributed by atoms with van der Waals surface area (Å²) in [7, 11) is 0. The molecule has 0 spiro atoms. The summed E-state index contributed by atoms with van der Waals surface area (Å²) in [6.45, 7) is 2.79. The first-order valence-corrected chi connectivity index (χ1v) is 4.44. The topological polar surface area (TPSA) is 54.7 Å². The molecule has 2 aromatic rings. The second-order valence-electron chi connectivity index (χ2n) is 3.23. The number of aromatic amines is 1. The summed E-state index contributed by atoms with van der Waals surface area (Å²) in [5.41, 5.74) is 9.26. The third-order valence-corrected chi connectivity index (χ3v) is 2.36. The van der Waals surface area contributed by atoms with Gasteiger partial charge in [0.25, 0.3) is 0 Å². The second-order valence-corrected chi connectivity index (χ2v) is 3.23. The number of benzene rings is 1. The van der Waals surface area contributed by atoms with Crippen molar-refractivity contribution in [3.05, 3.63) is 29.5 Å². The van der Waals surface area contributed by atoms with Gasteiger partial charge in [0.1, 0.15) is 0 Å². The molecule has 2 rings (SSSR count). The monoisotopic (exact) mass is 175 g/mol. The number of nitrogens with two attached hydrogens (primary N) is 1. The van der Waals surface area contributed by atoms with Crippen LogP contribution in [-0.2, 0) is 6.42 Å². The fraction of sp³-hybridized carbons (Fsp3) is 0.300. The Kier molecular flexibility index (Phi) is 2.02. The fourth-order valence-electron chi connectivity index (χ4n) is 1.66. The summed E-state index contributed by atoms with van der Waals surface area (Å²) >= 11 is 0. The predicted octanol–water partition coefficient (Wildman–Crippen LogP) is 1.37. The molecule has 0 atom stereocenters. The van der Waals surface area contributed by atoms with Crippen LogP contribution in [0, 0.1) is 6.92 Å². The third kappa shape index (κ3) is 1.31. The van der Waals surface area contributed by atoms with Gasteiger partial charge in [-0.25, -0.2) is 0 Å². The van der Waals surface area contributed by atoms with Crippen molar-refractivity contribution in [1.82, 2.24) is 10.2 Å². The molecule has 0 aliphatic rings. The molecule has 0 fully saturated rings. The number of nitrogens with one attached hydrogen (secondary N) is 1. The Morgan fingerprint density at radius 3 is 3.08 bits per heavy atom. The lowest BCUT2D eigenvalue weighted by Gasteiger charge is -2.04. The average Bonchev–Trinajstić information content (AvgIpc) is 2.58. The maximum absolute atomic E-state index is 5.56. The Morgan fingerprint density at radius 2 is 2.31 bits per heavy atom. The molecule has 0 saturated carbocycles. The number of nitrogens with zero attached hydrogens (tertiary/aromatic N) is 1. The van der Waals surface area contributed by atoms with Crippen molar-refractivity contribution in [2.75, 3.05) is 6.54 Å². The lowest BCUT2D eigenvalue weighted by Crippen LogP contribution is -2.04. The van der Waals surface area contributed by atoms with Gasteiger partial charge in [-0.2, -0.15) is 5.10 Å². The molecular weight excluding hydrogens is 162 g/mol. The Bertz CT molecular complexity index is 417. The van der Waals surface area contributed by atoms with Gasteiger partial charge in [-0.05, 0) is 37.1 Å². The highest BCUT2D eigenvalue weighted by atomic mass is 15.1. The van der Waals surface area contributed by atoms with Crippen LogP contribution >= 0.6 is 0 Å². The molecule has 0 aliphatic heterocycles. The van der Waals surface area contributed by atoms with Gasteiger partial charge in [0.2, 0.25) is 0 Å². The molecule has 1 aromatic heterocycles. The zero-order valence-corrected chi connectivity index (χ0v) is 7.67. The number of hydrogen-bond donors (Lipinski definition) is 2. The summed E-state index contributed by atoms with van der Waals surface area (Å²) < 4.78 is 0. The number of aromatic nitrogens is 2. The summed E-state index contributed by atoms with van der Waals surface area (Å²) in [6.07, 6.45) is 2.79. The van der Waals surface area contributed by atoms with Crippen LogP contribution < -0.4 is 5.73 Å². The Hall–Kier alpha value is -1.35. The normalized spacial score (nSPS) is 10.9. The first-order valence-electron chi connectivity index (χ1n) is 4.44. The van der Waals surface area contributed by atoms with E-state index in [-0.39, 0.29) is 0 Å². The summed E-state index contributed by atoms with van der Waals surface area (Å²) in [6, 6.07) is 4.16. The van der Waals surface area contributed by atoms with Crippen molar-refractivity contribution in [2.45, 2.75) is 13.3 Å². The highest BCUT2D eigenvalue weighted by molar-refractivity contribution is 5.82. The van der Waals surface area contributed by atoms with Crippen LogP contribution in [0.2, 0.25) is 0 Å².